The molecule has 4 nitrogen and oxygen atoms in total. The van der Waals surface area contributed by atoms with E-state index in [0.717, 1.165) is 30.1 Å². The van der Waals surface area contributed by atoms with E-state index in [9.17, 15) is 4.79 Å². The van der Waals surface area contributed by atoms with E-state index in [1.165, 1.54) is 10.4 Å². The number of carbonyl (C=O) groups is 1. The smallest absolute Gasteiger partial charge is 0.262 e. The standard InChI is InChI=1S/C15H16N2O2S/c1-10-4-5-20-14(10)8-16-7-11-2-3-13-12(6-11)17-15(18)9-19-13/h2-6,16H,7-9H2,1H3,(H,17,18). The number of ether oxygens (including phenoxy) is 1. The van der Waals surface area contributed by atoms with E-state index in [2.05, 4.69) is 29.0 Å². The van der Waals surface area contributed by atoms with Crippen LogP contribution in [0.3, 0.4) is 0 Å². The number of anilines is 1. The fourth-order valence-electron chi connectivity index (χ4n) is 2.15. The Balaban J connectivity index is 1.62. The van der Waals surface area contributed by atoms with Gasteiger partial charge in [-0.15, -0.1) is 11.3 Å². The van der Waals surface area contributed by atoms with Crippen LogP contribution >= 0.6 is 11.3 Å². The van der Waals surface area contributed by atoms with Crippen molar-refractivity contribution in [2.24, 2.45) is 0 Å². The van der Waals surface area contributed by atoms with Crippen molar-refractivity contribution in [3.8, 4) is 5.75 Å². The van der Waals surface area contributed by atoms with Crippen molar-refractivity contribution in [3.63, 3.8) is 0 Å². The van der Waals surface area contributed by atoms with Gasteiger partial charge in [-0.3, -0.25) is 4.79 Å². The molecule has 3 rings (SSSR count). The number of aryl methyl sites for hydroxylation is 1. The van der Waals surface area contributed by atoms with Gasteiger partial charge in [0.05, 0.1) is 5.69 Å². The van der Waals surface area contributed by atoms with Gasteiger partial charge in [0.2, 0.25) is 0 Å². The fraction of sp³-hybridized carbons (Fsp3) is 0.267. The summed E-state index contributed by atoms with van der Waals surface area (Å²) in [7, 11) is 0. The first-order valence-corrected chi connectivity index (χ1v) is 7.39. The third-order valence-corrected chi connectivity index (χ3v) is 4.28. The zero-order chi connectivity index (χ0) is 13.9. The molecule has 20 heavy (non-hydrogen) atoms. The summed E-state index contributed by atoms with van der Waals surface area (Å²) in [5.74, 6) is 0.638. The Morgan fingerprint density at radius 2 is 2.25 bits per heavy atom. The molecule has 1 aromatic carbocycles. The van der Waals surface area contributed by atoms with Gasteiger partial charge in [-0.05, 0) is 41.6 Å². The van der Waals surface area contributed by atoms with E-state index in [0.29, 0.717) is 0 Å². The molecule has 0 unspecified atom stereocenters. The van der Waals surface area contributed by atoms with Crippen LogP contribution < -0.4 is 15.4 Å². The normalized spacial score (nSPS) is 13.6. The lowest BCUT2D eigenvalue weighted by atomic mass is 10.1. The van der Waals surface area contributed by atoms with Crippen LogP contribution in [0.25, 0.3) is 0 Å². The molecule has 0 saturated carbocycles. The average Bonchev–Trinajstić information content (AvgIpc) is 2.84. The predicted molar refractivity (Wildman–Crippen MR) is 80.2 cm³/mol. The lowest BCUT2D eigenvalue weighted by Crippen LogP contribution is -2.25. The quantitative estimate of drug-likeness (QED) is 0.909. The molecule has 2 aromatic rings. The maximum atomic E-state index is 11.3. The van der Waals surface area contributed by atoms with E-state index < -0.39 is 0 Å². The number of nitrogens with one attached hydrogen (secondary N) is 2. The fourth-order valence-corrected chi connectivity index (χ4v) is 3.02. The molecule has 1 amide bonds. The maximum Gasteiger partial charge on any atom is 0.262 e. The van der Waals surface area contributed by atoms with Crippen LogP contribution in [0.5, 0.6) is 5.75 Å². The third-order valence-electron chi connectivity index (χ3n) is 3.26. The molecule has 0 saturated heterocycles. The highest BCUT2D eigenvalue weighted by molar-refractivity contribution is 7.10. The Kier molecular flexibility index (Phi) is 3.71. The summed E-state index contributed by atoms with van der Waals surface area (Å²) in [5.41, 5.74) is 3.21. The molecule has 0 spiro atoms. The van der Waals surface area contributed by atoms with Crippen LogP contribution in [0, 0.1) is 6.92 Å². The van der Waals surface area contributed by atoms with Crippen molar-refractivity contribution in [3.05, 3.63) is 45.6 Å². The van der Waals surface area contributed by atoms with Gasteiger partial charge in [0.25, 0.3) is 5.91 Å². The van der Waals surface area contributed by atoms with Gasteiger partial charge in [0, 0.05) is 18.0 Å². The molecular weight excluding hydrogens is 272 g/mol. The number of fused-ring (bicyclic) bond motifs is 1. The lowest BCUT2D eigenvalue weighted by molar-refractivity contribution is -0.118. The topological polar surface area (TPSA) is 50.4 Å². The van der Waals surface area contributed by atoms with E-state index in [1.807, 2.05) is 18.2 Å². The molecule has 0 fully saturated rings. The highest BCUT2D eigenvalue weighted by Crippen LogP contribution is 2.28. The Morgan fingerprint density at radius 1 is 1.35 bits per heavy atom. The molecule has 0 radical (unpaired) electrons. The third kappa shape index (κ3) is 2.84. The second-order valence-corrected chi connectivity index (χ2v) is 5.80. The zero-order valence-corrected chi connectivity index (χ0v) is 12.0. The van der Waals surface area contributed by atoms with Crippen LogP contribution in [0.15, 0.2) is 29.6 Å². The lowest BCUT2D eigenvalue weighted by Gasteiger charge is -2.18. The van der Waals surface area contributed by atoms with Gasteiger partial charge >= 0.3 is 0 Å². The van der Waals surface area contributed by atoms with Crippen molar-refractivity contribution >= 4 is 22.9 Å². The number of hydrogen-bond donors (Lipinski definition) is 2. The van der Waals surface area contributed by atoms with Crippen LogP contribution in [-0.4, -0.2) is 12.5 Å². The number of benzene rings is 1. The van der Waals surface area contributed by atoms with Crippen LogP contribution in [0.2, 0.25) is 0 Å². The molecule has 2 heterocycles. The molecule has 1 aliphatic rings. The summed E-state index contributed by atoms with van der Waals surface area (Å²) in [5, 5.41) is 8.35. The van der Waals surface area contributed by atoms with E-state index >= 15 is 0 Å². The number of amides is 1. The molecule has 0 atom stereocenters. The van der Waals surface area contributed by atoms with Crippen LogP contribution in [-0.2, 0) is 17.9 Å². The van der Waals surface area contributed by atoms with Crippen molar-refractivity contribution in [2.45, 2.75) is 20.0 Å². The van der Waals surface area contributed by atoms with Crippen LogP contribution in [0.1, 0.15) is 16.0 Å². The predicted octanol–water partition coefficient (Wildman–Crippen LogP) is 2.68. The monoisotopic (exact) mass is 288 g/mol. The van der Waals surface area contributed by atoms with Crippen molar-refractivity contribution in [1.29, 1.82) is 0 Å². The van der Waals surface area contributed by atoms with E-state index in [-0.39, 0.29) is 12.5 Å². The summed E-state index contributed by atoms with van der Waals surface area (Å²) < 4.78 is 5.34. The molecule has 5 heteroatoms. The van der Waals surface area contributed by atoms with Gasteiger partial charge in [0.15, 0.2) is 6.61 Å². The largest absolute Gasteiger partial charge is 0.482 e. The van der Waals surface area contributed by atoms with Gasteiger partial charge in [0.1, 0.15) is 5.75 Å². The second-order valence-electron chi connectivity index (χ2n) is 4.80. The minimum absolute atomic E-state index is 0.0995. The summed E-state index contributed by atoms with van der Waals surface area (Å²) in [6, 6.07) is 8.01. The molecule has 0 aliphatic carbocycles. The minimum atomic E-state index is -0.100. The summed E-state index contributed by atoms with van der Waals surface area (Å²) in [4.78, 5) is 12.7. The van der Waals surface area contributed by atoms with Gasteiger partial charge in [-0.2, -0.15) is 0 Å². The summed E-state index contributed by atoms with van der Waals surface area (Å²) >= 11 is 1.77. The molecule has 0 bridgehead atoms. The molecule has 2 N–H and O–H groups in total. The van der Waals surface area contributed by atoms with Gasteiger partial charge in [-0.25, -0.2) is 0 Å². The minimum Gasteiger partial charge on any atom is -0.482 e. The Labute approximate surface area is 121 Å². The average molecular weight is 288 g/mol. The van der Waals surface area contributed by atoms with Gasteiger partial charge in [-0.1, -0.05) is 6.07 Å². The Hall–Kier alpha value is -1.85. The van der Waals surface area contributed by atoms with Crippen LogP contribution in [0.4, 0.5) is 5.69 Å². The first kappa shape index (κ1) is 13.1. The molecule has 1 aromatic heterocycles. The first-order chi connectivity index (χ1) is 9.72. The Bertz CT molecular complexity index is 637. The Morgan fingerprint density at radius 3 is 3.05 bits per heavy atom. The number of carbonyl (C=O) groups excluding carboxylic acids is 1. The van der Waals surface area contributed by atoms with Crippen molar-refractivity contribution in [1.82, 2.24) is 5.32 Å². The highest BCUT2D eigenvalue weighted by atomic mass is 32.1. The second kappa shape index (κ2) is 5.64. The molecule has 1 aliphatic heterocycles. The number of thiophene rings is 1. The van der Waals surface area contributed by atoms with Crippen molar-refractivity contribution < 1.29 is 9.53 Å². The molecule has 104 valence electrons. The van der Waals surface area contributed by atoms with E-state index in [1.54, 1.807) is 11.3 Å². The molecular formula is C15H16N2O2S. The van der Waals surface area contributed by atoms with Crippen molar-refractivity contribution in [2.75, 3.05) is 11.9 Å². The highest BCUT2D eigenvalue weighted by Gasteiger charge is 2.15. The van der Waals surface area contributed by atoms with E-state index in [4.69, 9.17) is 4.74 Å². The number of hydrogen-bond acceptors (Lipinski definition) is 4. The summed E-state index contributed by atoms with van der Waals surface area (Å²) in [6.45, 7) is 3.85. The van der Waals surface area contributed by atoms with Gasteiger partial charge < -0.3 is 15.4 Å². The first-order valence-electron chi connectivity index (χ1n) is 6.51. The zero-order valence-electron chi connectivity index (χ0n) is 11.2. The maximum absolute atomic E-state index is 11.3. The number of rotatable bonds is 4. The summed E-state index contributed by atoms with van der Waals surface area (Å²) in [6.07, 6.45) is 0. The SMILES string of the molecule is Cc1ccsc1CNCc1ccc2c(c1)NC(=O)CO2.